The van der Waals surface area contributed by atoms with Crippen molar-refractivity contribution in [2.24, 2.45) is 0 Å². The highest BCUT2D eigenvalue weighted by Gasteiger charge is 2.29. The van der Waals surface area contributed by atoms with Gasteiger partial charge in [-0.2, -0.15) is 16.6 Å². The first-order valence-corrected chi connectivity index (χ1v) is 12.7. The molecule has 2 aromatic heterocycles. The first-order chi connectivity index (χ1) is 16.3. The van der Waals surface area contributed by atoms with E-state index in [4.69, 9.17) is 5.26 Å². The summed E-state index contributed by atoms with van der Waals surface area (Å²) in [6, 6.07) is 6.27. The fraction of sp³-hybridized carbons (Fsp3) is 0.520. The molecule has 0 radical (unpaired) electrons. The SMILES string of the molecule is CNC(=O)N(Cc1ccsc1)C1CCN([C@H](C)CCNC(=O)c2c(C)cc(C#N)nc2C)CC1. The van der Waals surface area contributed by atoms with Crippen LogP contribution < -0.4 is 10.6 Å². The third-order valence-electron chi connectivity index (χ3n) is 6.56. The summed E-state index contributed by atoms with van der Waals surface area (Å²) >= 11 is 1.65. The van der Waals surface area contributed by atoms with Crippen molar-refractivity contribution in [2.45, 2.75) is 58.7 Å². The smallest absolute Gasteiger partial charge is 0.317 e. The number of hydrogen-bond donors (Lipinski definition) is 2. The molecular formula is C25H34N6O2S. The second-order valence-corrected chi connectivity index (χ2v) is 9.65. The van der Waals surface area contributed by atoms with Crippen LogP contribution in [0.2, 0.25) is 0 Å². The van der Waals surface area contributed by atoms with E-state index in [1.165, 1.54) is 5.56 Å². The minimum absolute atomic E-state index is 0.0247. The lowest BCUT2D eigenvalue weighted by atomic mass is 10.0. The van der Waals surface area contributed by atoms with E-state index in [-0.39, 0.29) is 18.0 Å². The Bertz CT molecular complexity index is 1000. The molecule has 0 bridgehead atoms. The van der Waals surface area contributed by atoms with Crippen molar-refractivity contribution in [3.8, 4) is 6.07 Å². The summed E-state index contributed by atoms with van der Waals surface area (Å²) in [4.78, 5) is 33.8. The maximum atomic E-state index is 12.7. The Hall–Kier alpha value is -2.96. The lowest BCUT2D eigenvalue weighted by Crippen LogP contribution is -2.51. The van der Waals surface area contributed by atoms with Crippen LogP contribution in [-0.4, -0.2) is 65.5 Å². The quantitative estimate of drug-likeness (QED) is 0.600. The number of nitrogens with one attached hydrogen (secondary N) is 2. The number of thiophene rings is 1. The molecule has 0 saturated carbocycles. The normalized spacial score (nSPS) is 15.4. The lowest BCUT2D eigenvalue weighted by Gasteiger charge is -2.40. The average Bonchev–Trinajstić information content (AvgIpc) is 3.35. The van der Waals surface area contributed by atoms with Crippen LogP contribution in [-0.2, 0) is 6.54 Å². The minimum atomic E-state index is -0.146. The van der Waals surface area contributed by atoms with E-state index < -0.39 is 0 Å². The highest BCUT2D eigenvalue weighted by molar-refractivity contribution is 7.07. The molecule has 1 fully saturated rings. The number of hydrogen-bond acceptors (Lipinski definition) is 6. The third-order valence-corrected chi connectivity index (χ3v) is 7.29. The number of likely N-dealkylation sites (tertiary alicyclic amines) is 1. The van der Waals surface area contributed by atoms with Gasteiger partial charge in [0, 0.05) is 45.3 Å². The number of nitriles is 1. The van der Waals surface area contributed by atoms with Gasteiger partial charge in [-0.05, 0) is 74.1 Å². The van der Waals surface area contributed by atoms with Crippen LogP contribution in [0.5, 0.6) is 0 Å². The molecule has 182 valence electrons. The van der Waals surface area contributed by atoms with Gasteiger partial charge in [-0.1, -0.05) is 0 Å². The zero-order valence-corrected chi connectivity index (χ0v) is 21.2. The van der Waals surface area contributed by atoms with Crippen LogP contribution in [0.15, 0.2) is 22.9 Å². The predicted molar refractivity (Wildman–Crippen MR) is 134 cm³/mol. The van der Waals surface area contributed by atoms with E-state index in [2.05, 4.69) is 38.9 Å². The van der Waals surface area contributed by atoms with Crippen LogP contribution in [0, 0.1) is 25.2 Å². The van der Waals surface area contributed by atoms with Gasteiger partial charge in [0.2, 0.25) is 0 Å². The largest absolute Gasteiger partial charge is 0.352 e. The molecule has 0 aromatic carbocycles. The Labute approximate surface area is 206 Å². The molecule has 3 amide bonds. The molecule has 9 heteroatoms. The minimum Gasteiger partial charge on any atom is -0.352 e. The maximum absolute atomic E-state index is 12.7. The summed E-state index contributed by atoms with van der Waals surface area (Å²) < 4.78 is 0. The number of pyridine rings is 1. The van der Waals surface area contributed by atoms with Crippen LogP contribution in [0.1, 0.15) is 59.1 Å². The second-order valence-electron chi connectivity index (χ2n) is 8.87. The molecule has 0 aliphatic carbocycles. The number of aromatic nitrogens is 1. The zero-order valence-electron chi connectivity index (χ0n) is 20.4. The topological polar surface area (TPSA) is 101 Å². The van der Waals surface area contributed by atoms with E-state index >= 15 is 0 Å². The number of piperidine rings is 1. The summed E-state index contributed by atoms with van der Waals surface area (Å²) in [6.07, 6.45) is 2.71. The number of aryl methyl sites for hydroxylation is 2. The van der Waals surface area contributed by atoms with Crippen molar-refractivity contribution in [3.05, 3.63) is 51.0 Å². The number of rotatable bonds is 8. The van der Waals surface area contributed by atoms with Gasteiger partial charge in [-0.25, -0.2) is 9.78 Å². The number of carbonyl (C=O) groups is 2. The molecule has 34 heavy (non-hydrogen) atoms. The highest BCUT2D eigenvalue weighted by atomic mass is 32.1. The monoisotopic (exact) mass is 482 g/mol. The maximum Gasteiger partial charge on any atom is 0.317 e. The van der Waals surface area contributed by atoms with Crippen LogP contribution in [0.3, 0.4) is 0 Å². The fourth-order valence-electron chi connectivity index (χ4n) is 4.63. The van der Waals surface area contributed by atoms with Crippen molar-refractivity contribution in [1.82, 2.24) is 25.4 Å². The molecule has 1 aliphatic heterocycles. The van der Waals surface area contributed by atoms with Crippen LogP contribution >= 0.6 is 11.3 Å². The second kappa shape index (κ2) is 12.0. The Kier molecular flexibility index (Phi) is 9.02. The molecule has 1 saturated heterocycles. The van der Waals surface area contributed by atoms with Crippen molar-refractivity contribution in [2.75, 3.05) is 26.7 Å². The van der Waals surface area contributed by atoms with Gasteiger partial charge < -0.3 is 20.4 Å². The highest BCUT2D eigenvalue weighted by Crippen LogP contribution is 2.22. The molecule has 2 N–H and O–H groups in total. The Morgan fingerprint density at radius 1 is 1.35 bits per heavy atom. The Morgan fingerprint density at radius 2 is 2.09 bits per heavy atom. The molecule has 2 aromatic rings. The number of amides is 3. The van der Waals surface area contributed by atoms with Gasteiger partial charge in [-0.15, -0.1) is 0 Å². The Balaban J connectivity index is 1.48. The summed E-state index contributed by atoms with van der Waals surface area (Å²) in [6.45, 7) is 8.84. The van der Waals surface area contributed by atoms with Gasteiger partial charge in [0.15, 0.2) is 0 Å². The molecule has 8 nitrogen and oxygen atoms in total. The van der Waals surface area contributed by atoms with E-state index in [0.717, 1.165) is 37.9 Å². The van der Waals surface area contributed by atoms with Crippen LogP contribution in [0.25, 0.3) is 0 Å². The third kappa shape index (κ3) is 6.33. The van der Waals surface area contributed by atoms with Gasteiger partial charge >= 0.3 is 6.03 Å². The van der Waals surface area contributed by atoms with Gasteiger partial charge in [0.05, 0.1) is 11.3 Å². The van der Waals surface area contributed by atoms with Crippen LogP contribution in [0.4, 0.5) is 4.79 Å². The summed E-state index contributed by atoms with van der Waals surface area (Å²) in [5.41, 5.74) is 3.39. The first-order valence-electron chi connectivity index (χ1n) is 11.7. The number of nitrogens with zero attached hydrogens (tertiary/aromatic N) is 4. The van der Waals surface area contributed by atoms with E-state index in [1.807, 2.05) is 23.3 Å². The Morgan fingerprint density at radius 3 is 2.68 bits per heavy atom. The molecule has 1 aliphatic rings. The lowest BCUT2D eigenvalue weighted by molar-refractivity contribution is 0.0907. The van der Waals surface area contributed by atoms with Crippen molar-refractivity contribution >= 4 is 23.3 Å². The molecule has 3 rings (SSSR count). The van der Waals surface area contributed by atoms with E-state index in [1.54, 1.807) is 31.4 Å². The summed E-state index contributed by atoms with van der Waals surface area (Å²) in [5, 5.41) is 19.0. The molecular weight excluding hydrogens is 448 g/mol. The number of urea groups is 1. The standard InChI is InChI=1S/C25H34N6O2S/c1-17-13-21(14-26)29-19(3)23(17)24(32)28-9-5-18(2)30-10-6-22(7-11-30)31(25(33)27-4)15-20-8-12-34-16-20/h8,12-13,16,18,22H,5-7,9-11,15H2,1-4H3,(H,27,33)(H,28,32)/t18-/m1/s1. The molecule has 3 heterocycles. The fourth-order valence-corrected chi connectivity index (χ4v) is 5.29. The zero-order chi connectivity index (χ0) is 24.7. The molecule has 0 spiro atoms. The predicted octanol–water partition coefficient (Wildman–Crippen LogP) is 3.45. The van der Waals surface area contributed by atoms with Crippen molar-refractivity contribution in [1.29, 1.82) is 5.26 Å². The van der Waals surface area contributed by atoms with Gasteiger partial charge in [0.1, 0.15) is 11.8 Å². The summed E-state index contributed by atoms with van der Waals surface area (Å²) in [7, 11) is 1.69. The summed E-state index contributed by atoms with van der Waals surface area (Å²) in [5.74, 6) is -0.146. The number of carbonyl (C=O) groups excluding carboxylic acids is 2. The van der Waals surface area contributed by atoms with Crippen molar-refractivity contribution < 1.29 is 9.59 Å². The van der Waals surface area contributed by atoms with Crippen molar-refractivity contribution in [3.63, 3.8) is 0 Å². The average molecular weight is 483 g/mol. The van der Waals surface area contributed by atoms with Gasteiger partial charge in [-0.3, -0.25) is 4.79 Å². The first kappa shape index (κ1) is 25.7. The molecule has 1 atom stereocenters. The molecule has 0 unspecified atom stereocenters. The van der Waals surface area contributed by atoms with E-state index in [9.17, 15) is 9.59 Å². The van der Waals surface area contributed by atoms with E-state index in [0.29, 0.717) is 36.1 Å². The van der Waals surface area contributed by atoms with Gasteiger partial charge in [0.25, 0.3) is 5.91 Å².